The largest absolute Gasteiger partial charge is 0.288 e. The summed E-state index contributed by atoms with van der Waals surface area (Å²) in [5, 5.41) is 2.49. The molecule has 160 valence electrons. The normalized spacial score (nSPS) is 15.9. The Hall–Kier alpha value is -3.97. The van der Waals surface area contributed by atoms with Gasteiger partial charge in [0.05, 0.1) is 5.71 Å². The number of aryl methyl sites for hydroxylation is 2. The molecule has 1 aliphatic rings. The summed E-state index contributed by atoms with van der Waals surface area (Å²) in [7, 11) is 1.86. The highest BCUT2D eigenvalue weighted by Gasteiger charge is 2.16. The molecule has 5 rings (SSSR count). The molecule has 4 aromatic rings. The number of hydrogen-bond acceptors (Lipinski definition) is 1. The van der Waals surface area contributed by atoms with Crippen LogP contribution < -0.4 is 0 Å². The van der Waals surface area contributed by atoms with Crippen molar-refractivity contribution < 1.29 is 0 Å². The SMILES string of the molecule is CN=C1C=CC=C/C1=C(/c1ccc(-c2cc(C)cc(C)c2)cc1)c1ccc2ccccc2c1. The van der Waals surface area contributed by atoms with Crippen LogP contribution >= 0.6 is 0 Å². The minimum absolute atomic E-state index is 0.999. The molecule has 0 bridgehead atoms. The van der Waals surface area contributed by atoms with E-state index < -0.39 is 0 Å². The number of allylic oxidation sites excluding steroid dienone is 5. The minimum atomic E-state index is 0.999. The lowest BCUT2D eigenvalue weighted by Gasteiger charge is -2.17. The Morgan fingerprint density at radius 2 is 1.27 bits per heavy atom. The quantitative estimate of drug-likeness (QED) is 0.314. The average molecular weight is 426 g/mol. The van der Waals surface area contributed by atoms with Gasteiger partial charge in [0.25, 0.3) is 0 Å². The first-order valence-electron chi connectivity index (χ1n) is 11.4. The van der Waals surface area contributed by atoms with Gasteiger partial charge >= 0.3 is 0 Å². The third-order valence-electron chi connectivity index (χ3n) is 6.18. The topological polar surface area (TPSA) is 12.4 Å². The molecule has 0 amide bonds. The Morgan fingerprint density at radius 3 is 2.00 bits per heavy atom. The van der Waals surface area contributed by atoms with Crippen molar-refractivity contribution in [3.8, 4) is 11.1 Å². The van der Waals surface area contributed by atoms with Gasteiger partial charge in [0.1, 0.15) is 0 Å². The summed E-state index contributed by atoms with van der Waals surface area (Å²) in [6, 6.07) is 30.9. The Kier molecular flexibility index (Phi) is 5.62. The van der Waals surface area contributed by atoms with Crippen molar-refractivity contribution >= 4 is 22.1 Å². The van der Waals surface area contributed by atoms with Crippen LogP contribution in [0.1, 0.15) is 22.3 Å². The molecular formula is C32H27N. The zero-order valence-corrected chi connectivity index (χ0v) is 19.3. The molecule has 1 heteroatoms. The summed E-state index contributed by atoms with van der Waals surface area (Å²) >= 11 is 0. The van der Waals surface area contributed by atoms with E-state index in [1.165, 1.54) is 49.7 Å². The van der Waals surface area contributed by atoms with Gasteiger partial charge in [-0.25, -0.2) is 0 Å². The third kappa shape index (κ3) is 4.23. The maximum absolute atomic E-state index is 4.57. The summed E-state index contributed by atoms with van der Waals surface area (Å²) < 4.78 is 0. The maximum atomic E-state index is 4.57. The van der Waals surface area contributed by atoms with Gasteiger partial charge < -0.3 is 0 Å². The molecule has 0 radical (unpaired) electrons. The molecule has 1 nitrogen and oxygen atoms in total. The van der Waals surface area contributed by atoms with Crippen LogP contribution in [0.25, 0.3) is 27.5 Å². The Balaban J connectivity index is 1.68. The van der Waals surface area contributed by atoms with Crippen molar-refractivity contribution in [2.75, 3.05) is 7.05 Å². The molecule has 1 aliphatic carbocycles. The number of fused-ring (bicyclic) bond motifs is 1. The Bertz CT molecular complexity index is 1440. The van der Waals surface area contributed by atoms with E-state index in [2.05, 4.69) is 122 Å². The van der Waals surface area contributed by atoms with Crippen molar-refractivity contribution in [2.45, 2.75) is 13.8 Å². The van der Waals surface area contributed by atoms with Crippen LogP contribution in [0.5, 0.6) is 0 Å². The van der Waals surface area contributed by atoms with Crippen LogP contribution in [-0.2, 0) is 0 Å². The van der Waals surface area contributed by atoms with Crippen molar-refractivity contribution in [1.29, 1.82) is 0 Å². The van der Waals surface area contributed by atoms with E-state index in [9.17, 15) is 0 Å². The van der Waals surface area contributed by atoms with Crippen LogP contribution in [-0.4, -0.2) is 12.8 Å². The molecule has 0 fully saturated rings. The monoisotopic (exact) mass is 425 g/mol. The van der Waals surface area contributed by atoms with E-state index in [4.69, 9.17) is 0 Å². The van der Waals surface area contributed by atoms with E-state index in [-0.39, 0.29) is 0 Å². The fourth-order valence-corrected chi connectivity index (χ4v) is 4.67. The van der Waals surface area contributed by atoms with E-state index in [0.717, 1.165) is 11.3 Å². The number of aliphatic imine (C=N–C) groups is 1. The number of benzene rings is 4. The summed E-state index contributed by atoms with van der Waals surface area (Å²) in [4.78, 5) is 4.57. The maximum Gasteiger partial charge on any atom is 0.0649 e. The number of nitrogens with zero attached hydrogens (tertiary/aromatic N) is 1. The van der Waals surface area contributed by atoms with Crippen LogP contribution in [0.4, 0.5) is 0 Å². The van der Waals surface area contributed by atoms with E-state index in [1.54, 1.807) is 0 Å². The molecule has 0 saturated heterocycles. The van der Waals surface area contributed by atoms with Crippen molar-refractivity contribution in [3.05, 3.63) is 137 Å². The van der Waals surface area contributed by atoms with Gasteiger partial charge in [0.2, 0.25) is 0 Å². The molecule has 0 spiro atoms. The zero-order valence-electron chi connectivity index (χ0n) is 19.3. The standard InChI is InChI=1S/C32H27N/c1-22-18-23(2)20-29(19-22)25-12-15-26(16-13-25)32(30-10-6-7-11-31(30)33-3)28-17-14-24-8-4-5-9-27(24)21-28/h4-21H,1-3H3/b32-30+,33-31?. The van der Waals surface area contributed by atoms with Crippen LogP contribution in [0.2, 0.25) is 0 Å². The highest BCUT2D eigenvalue weighted by Crippen LogP contribution is 2.33. The summed E-state index contributed by atoms with van der Waals surface area (Å²) in [5.41, 5.74) is 10.8. The molecule has 0 atom stereocenters. The summed E-state index contributed by atoms with van der Waals surface area (Å²) in [6.07, 6.45) is 8.40. The first-order chi connectivity index (χ1) is 16.1. The van der Waals surface area contributed by atoms with Crippen molar-refractivity contribution in [1.82, 2.24) is 0 Å². The lowest BCUT2D eigenvalue weighted by atomic mass is 9.87. The highest BCUT2D eigenvalue weighted by molar-refractivity contribution is 6.18. The second-order valence-corrected chi connectivity index (χ2v) is 8.63. The number of rotatable bonds is 3. The van der Waals surface area contributed by atoms with E-state index >= 15 is 0 Å². The zero-order chi connectivity index (χ0) is 22.8. The Morgan fingerprint density at radius 1 is 0.606 bits per heavy atom. The molecule has 0 aromatic heterocycles. The molecule has 0 unspecified atom stereocenters. The van der Waals surface area contributed by atoms with Gasteiger partial charge in [0, 0.05) is 12.6 Å². The average Bonchev–Trinajstić information content (AvgIpc) is 2.84. The summed E-state index contributed by atoms with van der Waals surface area (Å²) in [5.74, 6) is 0. The number of hydrogen-bond donors (Lipinski definition) is 0. The fourth-order valence-electron chi connectivity index (χ4n) is 4.67. The van der Waals surface area contributed by atoms with Gasteiger partial charge in [-0.15, -0.1) is 0 Å². The van der Waals surface area contributed by atoms with Crippen LogP contribution in [0.3, 0.4) is 0 Å². The lowest BCUT2D eigenvalue weighted by molar-refractivity contribution is 1.38. The minimum Gasteiger partial charge on any atom is -0.288 e. The van der Waals surface area contributed by atoms with Gasteiger partial charge in [0.15, 0.2) is 0 Å². The molecule has 4 aromatic carbocycles. The predicted octanol–water partition coefficient (Wildman–Crippen LogP) is 8.12. The molecule has 33 heavy (non-hydrogen) atoms. The van der Waals surface area contributed by atoms with Gasteiger partial charge in [-0.1, -0.05) is 108 Å². The van der Waals surface area contributed by atoms with E-state index in [1.807, 2.05) is 13.1 Å². The fraction of sp³-hybridized carbons (Fsp3) is 0.0938. The van der Waals surface area contributed by atoms with E-state index in [0.29, 0.717) is 0 Å². The van der Waals surface area contributed by atoms with Gasteiger partial charge in [-0.3, -0.25) is 4.99 Å². The molecule has 0 N–H and O–H groups in total. The highest BCUT2D eigenvalue weighted by atomic mass is 14.7. The van der Waals surface area contributed by atoms with Gasteiger partial charge in [-0.05, 0) is 64.6 Å². The molecule has 0 heterocycles. The van der Waals surface area contributed by atoms with Crippen molar-refractivity contribution in [2.24, 2.45) is 4.99 Å². The van der Waals surface area contributed by atoms with Crippen LogP contribution in [0, 0.1) is 13.8 Å². The third-order valence-corrected chi connectivity index (χ3v) is 6.18. The van der Waals surface area contributed by atoms with Gasteiger partial charge in [-0.2, -0.15) is 0 Å². The Labute approximate surface area is 196 Å². The smallest absolute Gasteiger partial charge is 0.0649 e. The molecular weight excluding hydrogens is 398 g/mol. The molecule has 0 saturated carbocycles. The first kappa shape index (κ1) is 20.9. The second-order valence-electron chi connectivity index (χ2n) is 8.63. The first-order valence-corrected chi connectivity index (χ1v) is 11.4. The van der Waals surface area contributed by atoms with Crippen molar-refractivity contribution in [3.63, 3.8) is 0 Å². The lowest BCUT2D eigenvalue weighted by Crippen LogP contribution is -2.05. The summed E-state index contributed by atoms with van der Waals surface area (Å²) in [6.45, 7) is 4.31. The molecule has 0 aliphatic heterocycles. The predicted molar refractivity (Wildman–Crippen MR) is 143 cm³/mol. The van der Waals surface area contributed by atoms with Crippen LogP contribution in [0.15, 0.2) is 120 Å². The second kappa shape index (κ2) is 8.88.